The summed E-state index contributed by atoms with van der Waals surface area (Å²) in [7, 11) is 0. The van der Waals surface area contributed by atoms with Crippen LogP contribution in [0.25, 0.3) is 0 Å². The van der Waals surface area contributed by atoms with Crippen molar-refractivity contribution >= 4 is 17.4 Å². The van der Waals surface area contributed by atoms with Crippen LogP contribution in [-0.4, -0.2) is 16.0 Å². The van der Waals surface area contributed by atoms with Crippen LogP contribution in [0.15, 0.2) is 29.2 Å². The number of aryl methyl sites for hydroxylation is 2. The van der Waals surface area contributed by atoms with E-state index in [9.17, 15) is 0 Å². The lowest BCUT2D eigenvalue weighted by molar-refractivity contribution is 0.410. The fourth-order valence-electron chi connectivity index (χ4n) is 1.80. The Kier molecular flexibility index (Phi) is 4.37. The van der Waals surface area contributed by atoms with Crippen molar-refractivity contribution in [3.63, 3.8) is 0 Å². The number of ether oxygens (including phenoxy) is 1. The third-order valence-corrected chi connectivity index (χ3v) is 3.58. The topological polar surface area (TPSA) is 53.1 Å². The van der Waals surface area contributed by atoms with Crippen LogP contribution in [0.5, 0.6) is 11.6 Å². The van der Waals surface area contributed by atoms with Gasteiger partial charge in [0.15, 0.2) is 0 Å². The molecule has 2 N–H and O–H groups in total. The van der Waals surface area contributed by atoms with E-state index in [2.05, 4.69) is 12.0 Å². The number of nitrogens with two attached hydrogens (primary N) is 1. The SMILES string of the molecule is CCCn1nc(C)c(N)c1Oc1ccc(SC)cc1. The van der Waals surface area contributed by atoms with Gasteiger partial charge in [-0.3, -0.25) is 0 Å². The number of nitrogen functional groups attached to an aromatic ring is 1. The smallest absolute Gasteiger partial charge is 0.241 e. The Labute approximate surface area is 117 Å². The van der Waals surface area contributed by atoms with Gasteiger partial charge in [0, 0.05) is 11.4 Å². The summed E-state index contributed by atoms with van der Waals surface area (Å²) in [6.07, 6.45) is 3.04. The molecule has 19 heavy (non-hydrogen) atoms. The molecule has 0 aliphatic heterocycles. The molecule has 0 atom stereocenters. The van der Waals surface area contributed by atoms with Gasteiger partial charge in [-0.25, -0.2) is 4.68 Å². The second-order valence-corrected chi connectivity index (χ2v) is 5.18. The first-order chi connectivity index (χ1) is 9.15. The van der Waals surface area contributed by atoms with Crippen LogP contribution in [-0.2, 0) is 6.54 Å². The van der Waals surface area contributed by atoms with E-state index in [1.54, 1.807) is 11.8 Å². The predicted molar refractivity (Wildman–Crippen MR) is 80.0 cm³/mol. The van der Waals surface area contributed by atoms with E-state index in [0.29, 0.717) is 11.6 Å². The zero-order chi connectivity index (χ0) is 13.8. The third-order valence-electron chi connectivity index (χ3n) is 2.83. The number of benzene rings is 1. The van der Waals surface area contributed by atoms with E-state index in [0.717, 1.165) is 24.4 Å². The van der Waals surface area contributed by atoms with E-state index >= 15 is 0 Å². The number of rotatable bonds is 5. The van der Waals surface area contributed by atoms with Gasteiger partial charge in [0.25, 0.3) is 0 Å². The predicted octanol–water partition coefficient (Wildman–Crippen LogP) is 3.70. The lowest BCUT2D eigenvalue weighted by atomic mass is 10.3. The highest BCUT2D eigenvalue weighted by molar-refractivity contribution is 7.98. The second-order valence-electron chi connectivity index (χ2n) is 4.30. The molecule has 5 heteroatoms. The van der Waals surface area contributed by atoms with Crippen molar-refractivity contribution in [1.82, 2.24) is 9.78 Å². The van der Waals surface area contributed by atoms with Gasteiger partial charge >= 0.3 is 0 Å². The van der Waals surface area contributed by atoms with Crippen LogP contribution < -0.4 is 10.5 Å². The van der Waals surface area contributed by atoms with Crippen LogP contribution in [0.4, 0.5) is 5.69 Å². The van der Waals surface area contributed by atoms with E-state index < -0.39 is 0 Å². The van der Waals surface area contributed by atoms with Crippen molar-refractivity contribution < 1.29 is 4.74 Å². The number of hydrogen-bond acceptors (Lipinski definition) is 4. The Morgan fingerprint density at radius 2 is 2.00 bits per heavy atom. The van der Waals surface area contributed by atoms with Crippen molar-refractivity contribution in [3.05, 3.63) is 30.0 Å². The molecule has 2 rings (SSSR count). The van der Waals surface area contributed by atoms with Gasteiger partial charge in [-0.15, -0.1) is 11.8 Å². The lowest BCUT2D eigenvalue weighted by Crippen LogP contribution is -2.02. The number of hydrogen-bond donors (Lipinski definition) is 1. The first kappa shape index (κ1) is 13.8. The maximum Gasteiger partial charge on any atom is 0.241 e. The van der Waals surface area contributed by atoms with Crippen molar-refractivity contribution in [2.24, 2.45) is 0 Å². The van der Waals surface area contributed by atoms with Crippen molar-refractivity contribution in [2.75, 3.05) is 12.0 Å². The van der Waals surface area contributed by atoms with Gasteiger partial charge < -0.3 is 10.5 Å². The quantitative estimate of drug-likeness (QED) is 0.847. The monoisotopic (exact) mass is 277 g/mol. The summed E-state index contributed by atoms with van der Waals surface area (Å²) in [5.74, 6) is 1.41. The number of thioether (sulfide) groups is 1. The van der Waals surface area contributed by atoms with Crippen LogP contribution in [0.2, 0.25) is 0 Å². The molecule has 0 fully saturated rings. The summed E-state index contributed by atoms with van der Waals surface area (Å²) in [6, 6.07) is 7.96. The van der Waals surface area contributed by atoms with Gasteiger partial charge in [-0.1, -0.05) is 6.92 Å². The average Bonchev–Trinajstić information content (AvgIpc) is 2.68. The number of anilines is 1. The van der Waals surface area contributed by atoms with Gasteiger partial charge in [0.2, 0.25) is 5.88 Å². The largest absolute Gasteiger partial charge is 0.437 e. The Hall–Kier alpha value is -1.62. The highest BCUT2D eigenvalue weighted by atomic mass is 32.2. The summed E-state index contributed by atoms with van der Waals surface area (Å²) in [5.41, 5.74) is 7.45. The Morgan fingerprint density at radius 1 is 1.32 bits per heavy atom. The highest BCUT2D eigenvalue weighted by Crippen LogP contribution is 2.31. The normalized spacial score (nSPS) is 10.7. The number of nitrogens with zero attached hydrogens (tertiary/aromatic N) is 2. The number of aromatic nitrogens is 2. The summed E-state index contributed by atoms with van der Waals surface area (Å²) in [4.78, 5) is 1.21. The Morgan fingerprint density at radius 3 is 2.58 bits per heavy atom. The van der Waals surface area contributed by atoms with Crippen LogP contribution in [0, 0.1) is 6.92 Å². The van der Waals surface area contributed by atoms with Gasteiger partial charge in [-0.05, 0) is 43.9 Å². The molecule has 1 heterocycles. The van der Waals surface area contributed by atoms with E-state index in [4.69, 9.17) is 10.5 Å². The molecular formula is C14H19N3OS. The zero-order valence-corrected chi connectivity index (χ0v) is 12.3. The molecule has 102 valence electrons. The second kappa shape index (κ2) is 6.02. The molecule has 0 amide bonds. The molecule has 0 saturated carbocycles. The van der Waals surface area contributed by atoms with Crippen molar-refractivity contribution in [1.29, 1.82) is 0 Å². The Bertz CT molecular complexity index is 549. The van der Waals surface area contributed by atoms with Crippen LogP contribution in [0.1, 0.15) is 19.0 Å². The van der Waals surface area contributed by atoms with Crippen molar-refractivity contribution in [2.45, 2.75) is 31.7 Å². The molecule has 0 spiro atoms. The van der Waals surface area contributed by atoms with E-state index in [-0.39, 0.29) is 0 Å². The van der Waals surface area contributed by atoms with Gasteiger partial charge in [0.05, 0.1) is 5.69 Å². The molecule has 1 aromatic carbocycles. The summed E-state index contributed by atoms with van der Waals surface area (Å²) < 4.78 is 7.71. The van der Waals surface area contributed by atoms with Crippen LogP contribution in [0.3, 0.4) is 0 Å². The summed E-state index contributed by atoms with van der Waals surface area (Å²) in [6.45, 7) is 4.80. The molecule has 0 aliphatic carbocycles. The molecule has 0 saturated heterocycles. The molecule has 1 aromatic heterocycles. The minimum Gasteiger partial charge on any atom is -0.437 e. The lowest BCUT2D eigenvalue weighted by Gasteiger charge is -2.09. The molecule has 0 bridgehead atoms. The molecule has 0 aliphatic rings. The molecule has 0 radical (unpaired) electrons. The fourth-order valence-corrected chi connectivity index (χ4v) is 2.21. The molecular weight excluding hydrogens is 258 g/mol. The minimum absolute atomic E-state index is 0.613. The maximum absolute atomic E-state index is 6.03. The first-order valence-electron chi connectivity index (χ1n) is 6.30. The minimum atomic E-state index is 0.613. The average molecular weight is 277 g/mol. The van der Waals surface area contributed by atoms with E-state index in [1.165, 1.54) is 4.90 Å². The van der Waals surface area contributed by atoms with Gasteiger partial charge in [0.1, 0.15) is 11.4 Å². The third kappa shape index (κ3) is 3.04. The summed E-state index contributed by atoms with van der Waals surface area (Å²) in [5, 5.41) is 4.39. The summed E-state index contributed by atoms with van der Waals surface area (Å²) >= 11 is 1.70. The van der Waals surface area contributed by atoms with Gasteiger partial charge in [-0.2, -0.15) is 5.10 Å². The first-order valence-corrected chi connectivity index (χ1v) is 7.53. The zero-order valence-electron chi connectivity index (χ0n) is 11.5. The molecule has 0 unspecified atom stereocenters. The highest BCUT2D eigenvalue weighted by Gasteiger charge is 2.14. The Balaban J connectivity index is 2.26. The molecule has 4 nitrogen and oxygen atoms in total. The standard InChI is InChI=1S/C14H19N3OS/c1-4-9-17-14(13(15)10(2)16-17)18-11-5-7-12(19-3)8-6-11/h5-8H,4,9,15H2,1-3H3. The molecule has 2 aromatic rings. The fraction of sp³-hybridized carbons (Fsp3) is 0.357. The van der Waals surface area contributed by atoms with E-state index in [1.807, 2.05) is 42.1 Å². The van der Waals surface area contributed by atoms with Crippen molar-refractivity contribution in [3.8, 4) is 11.6 Å². The van der Waals surface area contributed by atoms with Crippen LogP contribution >= 0.6 is 11.8 Å². The maximum atomic E-state index is 6.03.